The van der Waals surface area contributed by atoms with Gasteiger partial charge in [-0.15, -0.1) is 0 Å². The smallest absolute Gasteiger partial charge is 0.0992 e. The Balaban J connectivity index is 2.00. The van der Waals surface area contributed by atoms with Crippen molar-refractivity contribution in [1.29, 1.82) is 5.26 Å². The van der Waals surface area contributed by atoms with Gasteiger partial charge in [-0.25, -0.2) is 0 Å². The van der Waals surface area contributed by atoms with E-state index < -0.39 is 0 Å². The molecule has 0 unspecified atom stereocenters. The fourth-order valence-electron chi connectivity index (χ4n) is 2.97. The first-order chi connectivity index (χ1) is 9.03. The number of benzene rings is 1. The van der Waals surface area contributed by atoms with Crippen molar-refractivity contribution in [3.05, 3.63) is 23.8 Å². The molecule has 0 amide bonds. The number of nitrogens with zero attached hydrogens (tertiary/aromatic N) is 1. The van der Waals surface area contributed by atoms with E-state index >= 15 is 0 Å². The molecule has 102 valence electrons. The summed E-state index contributed by atoms with van der Waals surface area (Å²) in [7, 11) is 0. The topological polar surface area (TPSA) is 61.8 Å². The summed E-state index contributed by atoms with van der Waals surface area (Å²) in [6, 6.07) is 7.54. The van der Waals surface area contributed by atoms with Gasteiger partial charge >= 0.3 is 0 Å². The summed E-state index contributed by atoms with van der Waals surface area (Å²) in [6.07, 6.45) is 5.43. The number of rotatable bonds is 4. The van der Waals surface area contributed by atoms with Gasteiger partial charge in [-0.05, 0) is 42.4 Å². The summed E-state index contributed by atoms with van der Waals surface area (Å²) in [5.41, 5.74) is 8.45. The van der Waals surface area contributed by atoms with Gasteiger partial charge in [0.05, 0.1) is 23.0 Å². The first-order valence-electron chi connectivity index (χ1n) is 7.06. The molecule has 1 saturated carbocycles. The van der Waals surface area contributed by atoms with Gasteiger partial charge in [-0.1, -0.05) is 26.7 Å². The molecule has 3 nitrogen and oxygen atoms in total. The van der Waals surface area contributed by atoms with Crippen LogP contribution in [0.15, 0.2) is 18.2 Å². The van der Waals surface area contributed by atoms with Crippen LogP contribution in [0, 0.1) is 22.7 Å². The second-order valence-corrected chi connectivity index (χ2v) is 6.24. The van der Waals surface area contributed by atoms with Crippen molar-refractivity contribution in [3.63, 3.8) is 0 Å². The highest BCUT2D eigenvalue weighted by atomic mass is 14.9. The Bertz CT molecular complexity index is 479. The lowest BCUT2D eigenvalue weighted by Crippen LogP contribution is -2.30. The van der Waals surface area contributed by atoms with Crippen molar-refractivity contribution in [2.45, 2.75) is 39.5 Å². The highest BCUT2D eigenvalue weighted by Gasteiger charge is 2.31. The fourth-order valence-corrected chi connectivity index (χ4v) is 2.97. The first kappa shape index (κ1) is 13.7. The number of anilines is 2. The van der Waals surface area contributed by atoms with Crippen LogP contribution in [0.25, 0.3) is 0 Å². The van der Waals surface area contributed by atoms with Crippen molar-refractivity contribution in [1.82, 2.24) is 0 Å². The van der Waals surface area contributed by atoms with Crippen molar-refractivity contribution in [2.24, 2.45) is 11.3 Å². The summed E-state index contributed by atoms with van der Waals surface area (Å²) in [5, 5.41) is 12.3. The van der Waals surface area contributed by atoms with Gasteiger partial charge < -0.3 is 11.1 Å². The van der Waals surface area contributed by atoms with E-state index in [1.165, 1.54) is 25.7 Å². The molecular formula is C16H23N3. The largest absolute Gasteiger partial charge is 0.397 e. The highest BCUT2D eigenvalue weighted by Crippen LogP contribution is 2.39. The van der Waals surface area contributed by atoms with Crippen molar-refractivity contribution >= 4 is 11.4 Å². The van der Waals surface area contributed by atoms with Crippen LogP contribution in [-0.2, 0) is 0 Å². The minimum Gasteiger partial charge on any atom is -0.397 e. The molecule has 2 rings (SSSR count). The molecule has 0 aliphatic heterocycles. The predicted octanol–water partition coefficient (Wildman–Crippen LogP) is 3.77. The molecule has 0 saturated heterocycles. The molecule has 0 heterocycles. The van der Waals surface area contributed by atoms with E-state index in [1.54, 1.807) is 12.1 Å². The summed E-state index contributed by atoms with van der Waals surface area (Å²) in [6.45, 7) is 5.58. The van der Waals surface area contributed by atoms with Crippen LogP contribution >= 0.6 is 0 Å². The molecule has 0 radical (unpaired) electrons. The third-order valence-corrected chi connectivity index (χ3v) is 4.38. The Kier molecular flexibility index (Phi) is 3.99. The van der Waals surface area contributed by atoms with Crippen molar-refractivity contribution < 1.29 is 0 Å². The zero-order valence-corrected chi connectivity index (χ0v) is 11.9. The van der Waals surface area contributed by atoms with Gasteiger partial charge in [0.25, 0.3) is 0 Å². The van der Waals surface area contributed by atoms with E-state index in [4.69, 9.17) is 11.0 Å². The Morgan fingerprint density at radius 2 is 2.05 bits per heavy atom. The molecule has 1 aromatic rings. The molecule has 0 spiro atoms. The monoisotopic (exact) mass is 257 g/mol. The lowest BCUT2D eigenvalue weighted by Gasteiger charge is -2.32. The molecule has 0 atom stereocenters. The molecule has 1 aliphatic carbocycles. The molecule has 1 fully saturated rings. The van der Waals surface area contributed by atoms with Crippen molar-refractivity contribution in [2.75, 3.05) is 17.6 Å². The summed E-state index contributed by atoms with van der Waals surface area (Å²) in [5.74, 6) is 0.805. The second-order valence-electron chi connectivity index (χ2n) is 6.24. The first-order valence-corrected chi connectivity index (χ1v) is 7.06. The van der Waals surface area contributed by atoms with Crippen LogP contribution in [0.1, 0.15) is 45.1 Å². The van der Waals surface area contributed by atoms with Crippen LogP contribution in [0.4, 0.5) is 11.4 Å². The van der Waals surface area contributed by atoms with Gasteiger partial charge in [-0.3, -0.25) is 0 Å². The highest BCUT2D eigenvalue weighted by molar-refractivity contribution is 5.68. The molecule has 3 heteroatoms. The third-order valence-electron chi connectivity index (χ3n) is 4.38. The minimum absolute atomic E-state index is 0.289. The van der Waals surface area contributed by atoms with Gasteiger partial charge in [0.1, 0.15) is 0 Å². The molecule has 1 aliphatic rings. The third kappa shape index (κ3) is 3.20. The van der Waals surface area contributed by atoms with E-state index in [0.29, 0.717) is 11.3 Å². The molecule has 19 heavy (non-hydrogen) atoms. The average molecular weight is 257 g/mol. The maximum Gasteiger partial charge on any atom is 0.0992 e. The Hall–Kier alpha value is -1.69. The van der Waals surface area contributed by atoms with E-state index in [2.05, 4.69) is 25.2 Å². The second kappa shape index (κ2) is 5.52. The predicted molar refractivity (Wildman–Crippen MR) is 79.8 cm³/mol. The maximum atomic E-state index is 8.83. The molecule has 0 bridgehead atoms. The van der Waals surface area contributed by atoms with Crippen LogP contribution < -0.4 is 11.1 Å². The summed E-state index contributed by atoms with van der Waals surface area (Å²) < 4.78 is 0. The lowest BCUT2D eigenvalue weighted by atomic mass is 9.77. The number of hydrogen-bond acceptors (Lipinski definition) is 3. The Labute approximate surface area is 115 Å². The Morgan fingerprint density at radius 3 is 2.63 bits per heavy atom. The number of nitrogens with two attached hydrogens (primary N) is 1. The maximum absolute atomic E-state index is 8.83. The van der Waals surface area contributed by atoms with Gasteiger partial charge in [-0.2, -0.15) is 5.26 Å². The number of nitrogen functional groups attached to an aromatic ring is 1. The molecule has 0 aromatic heterocycles. The van der Waals surface area contributed by atoms with Crippen molar-refractivity contribution in [3.8, 4) is 6.07 Å². The quantitative estimate of drug-likeness (QED) is 0.807. The zero-order chi connectivity index (χ0) is 13.9. The van der Waals surface area contributed by atoms with Gasteiger partial charge in [0, 0.05) is 6.54 Å². The number of hydrogen-bond donors (Lipinski definition) is 2. The number of nitriles is 1. The van der Waals surface area contributed by atoms with E-state index in [-0.39, 0.29) is 5.41 Å². The zero-order valence-electron chi connectivity index (χ0n) is 11.9. The van der Waals surface area contributed by atoms with E-state index in [0.717, 1.165) is 18.2 Å². The fraction of sp³-hybridized carbons (Fsp3) is 0.562. The number of nitrogens with one attached hydrogen (secondary N) is 1. The van der Waals surface area contributed by atoms with Crippen LogP contribution in [0.3, 0.4) is 0 Å². The van der Waals surface area contributed by atoms with Gasteiger partial charge in [0.15, 0.2) is 0 Å². The SMILES string of the molecule is CC(C)(CNc1ccc(C#N)cc1N)C1CCCC1. The summed E-state index contributed by atoms with van der Waals surface area (Å²) >= 11 is 0. The minimum atomic E-state index is 0.289. The van der Waals surface area contributed by atoms with E-state index in [1.807, 2.05) is 6.07 Å². The molecule has 1 aromatic carbocycles. The molecule has 3 N–H and O–H groups in total. The van der Waals surface area contributed by atoms with Crippen LogP contribution in [0.5, 0.6) is 0 Å². The lowest BCUT2D eigenvalue weighted by molar-refractivity contribution is 0.234. The van der Waals surface area contributed by atoms with Crippen LogP contribution in [0.2, 0.25) is 0 Å². The van der Waals surface area contributed by atoms with Crippen LogP contribution in [-0.4, -0.2) is 6.54 Å². The normalized spacial score (nSPS) is 16.3. The summed E-state index contributed by atoms with van der Waals surface area (Å²) in [4.78, 5) is 0. The average Bonchev–Trinajstić information content (AvgIpc) is 2.92. The van der Waals surface area contributed by atoms with E-state index in [9.17, 15) is 0 Å². The standard InChI is InChI=1S/C16H23N3/c1-16(2,13-5-3-4-6-13)11-19-15-8-7-12(10-17)9-14(15)18/h7-9,13,19H,3-6,11,18H2,1-2H3. The van der Waals surface area contributed by atoms with Gasteiger partial charge in [0.2, 0.25) is 0 Å². The Morgan fingerprint density at radius 1 is 1.37 bits per heavy atom. The molecular weight excluding hydrogens is 234 g/mol.